The Bertz CT molecular complexity index is 782. The van der Waals surface area contributed by atoms with Crippen LogP contribution in [0.25, 0.3) is 0 Å². The summed E-state index contributed by atoms with van der Waals surface area (Å²) in [6, 6.07) is 14.7. The van der Waals surface area contributed by atoms with Gasteiger partial charge in [0.15, 0.2) is 0 Å². The number of amides is 1. The van der Waals surface area contributed by atoms with E-state index in [-0.39, 0.29) is 17.7 Å². The highest BCUT2D eigenvalue weighted by molar-refractivity contribution is 6.03. The SMILES string of the molecule is CCCCOc1ccc(C2CC(c3ccc(O)cc3)=NN2C(C)=O)cc1. The Labute approximate surface area is 153 Å². The van der Waals surface area contributed by atoms with Crippen LogP contribution in [0.3, 0.4) is 0 Å². The maximum atomic E-state index is 12.1. The van der Waals surface area contributed by atoms with E-state index in [9.17, 15) is 9.90 Å². The summed E-state index contributed by atoms with van der Waals surface area (Å²) >= 11 is 0. The van der Waals surface area contributed by atoms with Crippen LogP contribution in [-0.2, 0) is 4.79 Å². The third kappa shape index (κ3) is 4.04. The zero-order valence-electron chi connectivity index (χ0n) is 15.2. The van der Waals surface area contributed by atoms with Crippen LogP contribution in [0.2, 0.25) is 0 Å². The molecule has 0 aliphatic carbocycles. The van der Waals surface area contributed by atoms with Crippen molar-refractivity contribution in [1.29, 1.82) is 0 Å². The minimum absolute atomic E-state index is 0.0907. The molecule has 5 heteroatoms. The second-order valence-electron chi connectivity index (χ2n) is 6.45. The van der Waals surface area contributed by atoms with Crippen molar-refractivity contribution in [2.45, 2.75) is 39.2 Å². The Morgan fingerprint density at radius 3 is 2.50 bits per heavy atom. The van der Waals surface area contributed by atoms with E-state index in [4.69, 9.17) is 4.74 Å². The normalized spacial score (nSPS) is 16.5. The Morgan fingerprint density at radius 2 is 1.88 bits per heavy atom. The highest BCUT2D eigenvalue weighted by atomic mass is 16.5. The minimum Gasteiger partial charge on any atom is -0.508 e. The average Bonchev–Trinajstić information content (AvgIpc) is 3.09. The molecule has 3 rings (SSSR count). The Balaban J connectivity index is 1.77. The van der Waals surface area contributed by atoms with E-state index in [1.54, 1.807) is 12.1 Å². The van der Waals surface area contributed by atoms with Gasteiger partial charge in [-0.2, -0.15) is 5.10 Å². The molecule has 2 aromatic carbocycles. The average molecular weight is 352 g/mol. The third-order valence-electron chi connectivity index (χ3n) is 4.47. The number of hydrogen-bond acceptors (Lipinski definition) is 4. The summed E-state index contributed by atoms with van der Waals surface area (Å²) in [5, 5.41) is 15.5. The number of phenols is 1. The van der Waals surface area contributed by atoms with Gasteiger partial charge in [-0.15, -0.1) is 0 Å². The summed E-state index contributed by atoms with van der Waals surface area (Å²) < 4.78 is 5.71. The molecule has 26 heavy (non-hydrogen) atoms. The number of phenolic OH excluding ortho intramolecular Hbond substituents is 1. The first-order chi connectivity index (χ1) is 12.6. The summed E-state index contributed by atoms with van der Waals surface area (Å²) in [5.41, 5.74) is 2.78. The van der Waals surface area contributed by atoms with Gasteiger partial charge in [0, 0.05) is 13.3 Å². The molecule has 0 saturated carbocycles. The summed E-state index contributed by atoms with van der Waals surface area (Å²) in [6.45, 7) is 4.38. The lowest BCUT2D eigenvalue weighted by molar-refractivity contribution is -0.130. The number of carbonyl (C=O) groups is 1. The van der Waals surface area contributed by atoms with Gasteiger partial charge in [0.25, 0.3) is 0 Å². The topological polar surface area (TPSA) is 62.1 Å². The molecule has 0 fully saturated rings. The Kier molecular flexibility index (Phi) is 5.56. The lowest BCUT2D eigenvalue weighted by Crippen LogP contribution is -2.24. The van der Waals surface area contributed by atoms with Crippen LogP contribution >= 0.6 is 0 Å². The van der Waals surface area contributed by atoms with Crippen LogP contribution in [0.4, 0.5) is 0 Å². The minimum atomic E-state index is -0.124. The molecule has 1 aliphatic rings. The maximum Gasteiger partial charge on any atom is 0.240 e. The van der Waals surface area contributed by atoms with Crippen molar-refractivity contribution in [3.05, 3.63) is 59.7 Å². The number of hydrazone groups is 1. The highest BCUT2D eigenvalue weighted by Crippen LogP contribution is 2.33. The largest absolute Gasteiger partial charge is 0.508 e. The van der Waals surface area contributed by atoms with Crippen molar-refractivity contribution in [1.82, 2.24) is 5.01 Å². The number of rotatable bonds is 6. The van der Waals surface area contributed by atoms with E-state index in [1.807, 2.05) is 36.4 Å². The van der Waals surface area contributed by atoms with Crippen molar-refractivity contribution in [2.75, 3.05) is 6.61 Å². The van der Waals surface area contributed by atoms with Crippen LogP contribution in [-0.4, -0.2) is 28.3 Å². The van der Waals surface area contributed by atoms with Gasteiger partial charge in [-0.25, -0.2) is 5.01 Å². The van der Waals surface area contributed by atoms with Crippen LogP contribution in [0, 0.1) is 0 Å². The number of ether oxygens (including phenoxy) is 1. The lowest BCUT2D eigenvalue weighted by atomic mass is 9.98. The second kappa shape index (κ2) is 8.04. The number of hydrogen-bond donors (Lipinski definition) is 1. The third-order valence-corrected chi connectivity index (χ3v) is 4.47. The second-order valence-corrected chi connectivity index (χ2v) is 6.45. The molecule has 0 spiro atoms. The molecule has 5 nitrogen and oxygen atoms in total. The van der Waals surface area contributed by atoms with Crippen LogP contribution in [0.15, 0.2) is 53.6 Å². The molecule has 1 atom stereocenters. The van der Waals surface area contributed by atoms with Gasteiger partial charge >= 0.3 is 0 Å². The zero-order valence-corrected chi connectivity index (χ0v) is 15.2. The molecule has 1 heterocycles. The molecular weight excluding hydrogens is 328 g/mol. The molecule has 1 N–H and O–H groups in total. The van der Waals surface area contributed by atoms with Crippen LogP contribution in [0.5, 0.6) is 11.5 Å². The number of aromatic hydroxyl groups is 1. The first-order valence-corrected chi connectivity index (χ1v) is 8.98. The van der Waals surface area contributed by atoms with Gasteiger partial charge in [-0.1, -0.05) is 25.5 Å². The molecule has 1 aliphatic heterocycles. The fraction of sp³-hybridized carbons (Fsp3) is 0.333. The van der Waals surface area contributed by atoms with E-state index in [1.165, 1.54) is 11.9 Å². The first-order valence-electron chi connectivity index (χ1n) is 8.98. The summed E-state index contributed by atoms with van der Waals surface area (Å²) in [6.07, 6.45) is 2.78. The predicted octanol–water partition coefficient (Wildman–Crippen LogP) is 4.27. The van der Waals surface area contributed by atoms with Crippen molar-refractivity contribution in [2.24, 2.45) is 5.10 Å². The smallest absolute Gasteiger partial charge is 0.240 e. The van der Waals surface area contributed by atoms with E-state index in [0.29, 0.717) is 13.0 Å². The van der Waals surface area contributed by atoms with Crippen molar-refractivity contribution >= 4 is 11.6 Å². The van der Waals surface area contributed by atoms with E-state index < -0.39 is 0 Å². The maximum absolute atomic E-state index is 12.1. The van der Waals surface area contributed by atoms with Gasteiger partial charge in [0.1, 0.15) is 11.5 Å². The summed E-state index contributed by atoms with van der Waals surface area (Å²) in [4.78, 5) is 12.1. The molecule has 2 aromatic rings. The Morgan fingerprint density at radius 1 is 1.19 bits per heavy atom. The Hall–Kier alpha value is -2.82. The molecular formula is C21H24N2O3. The molecule has 0 bridgehead atoms. The summed E-state index contributed by atoms with van der Waals surface area (Å²) in [5.74, 6) is 0.965. The number of unbranched alkanes of at least 4 members (excludes halogenated alkanes) is 1. The monoisotopic (exact) mass is 352 g/mol. The van der Waals surface area contributed by atoms with E-state index in [0.717, 1.165) is 35.4 Å². The highest BCUT2D eigenvalue weighted by Gasteiger charge is 2.31. The molecule has 0 radical (unpaired) electrons. The fourth-order valence-electron chi connectivity index (χ4n) is 3.01. The van der Waals surface area contributed by atoms with Crippen molar-refractivity contribution < 1.29 is 14.6 Å². The standard InChI is InChI=1S/C21H24N2O3/c1-3-4-13-26-19-11-7-17(8-12-19)21-14-20(22-23(21)15(2)24)16-5-9-18(25)10-6-16/h5-12,21,25H,3-4,13-14H2,1-2H3. The molecule has 136 valence electrons. The first kappa shape index (κ1) is 18.0. The van der Waals surface area contributed by atoms with Gasteiger partial charge in [0.05, 0.1) is 18.4 Å². The van der Waals surface area contributed by atoms with Gasteiger partial charge in [-0.3, -0.25) is 4.79 Å². The molecule has 0 aromatic heterocycles. The fourth-order valence-corrected chi connectivity index (χ4v) is 3.01. The van der Waals surface area contributed by atoms with E-state index >= 15 is 0 Å². The predicted molar refractivity (Wildman–Crippen MR) is 101 cm³/mol. The van der Waals surface area contributed by atoms with Crippen molar-refractivity contribution in [3.63, 3.8) is 0 Å². The number of nitrogens with zero attached hydrogens (tertiary/aromatic N) is 2. The molecule has 1 amide bonds. The number of benzene rings is 2. The number of carbonyl (C=O) groups excluding carboxylic acids is 1. The molecule has 1 unspecified atom stereocenters. The van der Waals surface area contributed by atoms with Gasteiger partial charge < -0.3 is 9.84 Å². The molecule has 0 saturated heterocycles. The summed E-state index contributed by atoms with van der Waals surface area (Å²) in [7, 11) is 0. The van der Waals surface area contributed by atoms with Crippen molar-refractivity contribution in [3.8, 4) is 11.5 Å². The quantitative estimate of drug-likeness (QED) is 0.790. The zero-order chi connectivity index (χ0) is 18.5. The van der Waals surface area contributed by atoms with Crippen LogP contribution < -0.4 is 4.74 Å². The van der Waals surface area contributed by atoms with Crippen LogP contribution in [0.1, 0.15) is 50.3 Å². The van der Waals surface area contributed by atoms with E-state index in [2.05, 4.69) is 12.0 Å². The van der Waals surface area contributed by atoms with Gasteiger partial charge in [-0.05, 0) is 53.9 Å². The van der Waals surface area contributed by atoms with Gasteiger partial charge in [0.2, 0.25) is 5.91 Å². The lowest BCUT2D eigenvalue weighted by Gasteiger charge is -2.20.